The molecule has 3 heteroatoms. The second-order valence-electron chi connectivity index (χ2n) is 5.97. The normalized spacial score (nSPS) is 25.6. The molecule has 1 aliphatic heterocycles. The van der Waals surface area contributed by atoms with E-state index >= 15 is 0 Å². The van der Waals surface area contributed by atoms with Crippen LogP contribution in [0.1, 0.15) is 44.1 Å². The molecule has 0 saturated heterocycles. The average Bonchev–Trinajstić information content (AvgIpc) is 2.67. The molecule has 0 unspecified atom stereocenters. The van der Waals surface area contributed by atoms with E-state index in [1.54, 1.807) is 0 Å². The molecule has 18 heavy (non-hydrogen) atoms. The summed E-state index contributed by atoms with van der Waals surface area (Å²) in [5.41, 5.74) is 7.50. The highest BCUT2D eigenvalue weighted by molar-refractivity contribution is 5.48. The summed E-state index contributed by atoms with van der Waals surface area (Å²) in [4.78, 5) is 0. The fourth-order valence-electron chi connectivity index (χ4n) is 3.31. The number of hydrogen-bond acceptors (Lipinski definition) is 3. The van der Waals surface area contributed by atoms with Crippen LogP contribution in [0.2, 0.25) is 0 Å². The van der Waals surface area contributed by atoms with Crippen LogP contribution in [0, 0.1) is 0 Å². The SMILES string of the molecule is NCC1(c2ccc3c(c2)OC2(CCC2)O3)CCC1. The van der Waals surface area contributed by atoms with Gasteiger partial charge in [0.15, 0.2) is 11.5 Å². The van der Waals surface area contributed by atoms with Gasteiger partial charge < -0.3 is 15.2 Å². The highest BCUT2D eigenvalue weighted by Gasteiger charge is 2.47. The molecular formula is C15H19NO2. The van der Waals surface area contributed by atoms with E-state index < -0.39 is 0 Å². The number of fused-ring (bicyclic) bond motifs is 1. The fourth-order valence-corrected chi connectivity index (χ4v) is 3.31. The predicted molar refractivity (Wildman–Crippen MR) is 68.9 cm³/mol. The van der Waals surface area contributed by atoms with E-state index in [0.29, 0.717) is 0 Å². The van der Waals surface area contributed by atoms with E-state index in [-0.39, 0.29) is 11.2 Å². The molecule has 0 atom stereocenters. The molecule has 2 aliphatic carbocycles. The van der Waals surface area contributed by atoms with Crippen molar-refractivity contribution in [3.8, 4) is 11.5 Å². The quantitative estimate of drug-likeness (QED) is 0.871. The number of hydrogen-bond donors (Lipinski definition) is 1. The molecule has 1 spiro atoms. The van der Waals surface area contributed by atoms with E-state index in [1.165, 1.54) is 31.2 Å². The van der Waals surface area contributed by atoms with Gasteiger partial charge in [-0.3, -0.25) is 0 Å². The van der Waals surface area contributed by atoms with Crippen LogP contribution in [0.5, 0.6) is 11.5 Å². The molecule has 3 nitrogen and oxygen atoms in total. The molecule has 0 amide bonds. The van der Waals surface area contributed by atoms with Gasteiger partial charge >= 0.3 is 0 Å². The van der Waals surface area contributed by atoms with Crippen LogP contribution in [0.4, 0.5) is 0 Å². The Morgan fingerprint density at radius 3 is 2.28 bits per heavy atom. The standard InChI is InChI=1S/C15H19NO2/c16-10-14(5-1-6-14)11-3-4-12-13(9-11)18-15(17-12)7-2-8-15/h3-4,9H,1-2,5-8,10,16H2. The third kappa shape index (κ3) is 1.28. The smallest absolute Gasteiger partial charge is 0.251 e. The van der Waals surface area contributed by atoms with Gasteiger partial charge in [0.1, 0.15) is 0 Å². The van der Waals surface area contributed by atoms with Crippen molar-refractivity contribution in [2.75, 3.05) is 6.54 Å². The first-order chi connectivity index (χ1) is 8.75. The summed E-state index contributed by atoms with van der Waals surface area (Å²) in [6.07, 6.45) is 6.92. The lowest BCUT2D eigenvalue weighted by Crippen LogP contribution is -2.45. The van der Waals surface area contributed by atoms with E-state index in [9.17, 15) is 0 Å². The van der Waals surface area contributed by atoms with Crippen molar-refractivity contribution in [1.29, 1.82) is 0 Å². The maximum atomic E-state index is 6.02. The zero-order valence-corrected chi connectivity index (χ0v) is 10.6. The molecule has 1 heterocycles. The van der Waals surface area contributed by atoms with E-state index in [4.69, 9.17) is 15.2 Å². The lowest BCUT2D eigenvalue weighted by Gasteiger charge is -2.41. The van der Waals surface area contributed by atoms with Crippen molar-refractivity contribution in [3.63, 3.8) is 0 Å². The van der Waals surface area contributed by atoms with E-state index in [1.807, 2.05) is 0 Å². The summed E-state index contributed by atoms with van der Waals surface area (Å²) in [7, 11) is 0. The molecular weight excluding hydrogens is 226 g/mol. The topological polar surface area (TPSA) is 44.5 Å². The minimum Gasteiger partial charge on any atom is -0.448 e. The minimum atomic E-state index is -0.323. The maximum absolute atomic E-state index is 6.02. The Morgan fingerprint density at radius 2 is 1.72 bits per heavy atom. The van der Waals surface area contributed by atoms with Crippen molar-refractivity contribution < 1.29 is 9.47 Å². The van der Waals surface area contributed by atoms with Crippen molar-refractivity contribution >= 4 is 0 Å². The average molecular weight is 245 g/mol. The molecule has 0 bridgehead atoms. The molecule has 1 aromatic carbocycles. The Balaban J connectivity index is 1.67. The Labute approximate surface area is 107 Å². The zero-order chi connectivity index (χ0) is 12.2. The molecule has 4 rings (SSSR count). The van der Waals surface area contributed by atoms with Crippen LogP contribution >= 0.6 is 0 Å². The second kappa shape index (κ2) is 3.41. The van der Waals surface area contributed by atoms with Gasteiger partial charge in [-0.25, -0.2) is 0 Å². The summed E-state index contributed by atoms with van der Waals surface area (Å²) < 4.78 is 11.9. The van der Waals surface area contributed by atoms with Crippen LogP contribution < -0.4 is 15.2 Å². The molecule has 1 aromatic rings. The first-order valence-electron chi connectivity index (χ1n) is 6.98. The fraction of sp³-hybridized carbons (Fsp3) is 0.600. The summed E-state index contributed by atoms with van der Waals surface area (Å²) in [5, 5.41) is 0. The maximum Gasteiger partial charge on any atom is 0.251 e. The first kappa shape index (κ1) is 10.7. The Hall–Kier alpha value is -1.22. The Kier molecular flexibility index (Phi) is 2.03. The van der Waals surface area contributed by atoms with Crippen LogP contribution in [0.15, 0.2) is 18.2 Å². The highest BCUT2D eigenvalue weighted by Crippen LogP contribution is 2.51. The van der Waals surface area contributed by atoms with Crippen LogP contribution in [-0.2, 0) is 5.41 Å². The monoisotopic (exact) mass is 245 g/mol. The molecule has 2 N–H and O–H groups in total. The minimum absolute atomic E-state index is 0.202. The Bertz CT molecular complexity index is 484. The highest BCUT2D eigenvalue weighted by atomic mass is 16.7. The zero-order valence-electron chi connectivity index (χ0n) is 10.6. The molecule has 0 radical (unpaired) electrons. The van der Waals surface area contributed by atoms with E-state index in [0.717, 1.165) is 30.9 Å². The number of ether oxygens (including phenoxy) is 2. The van der Waals surface area contributed by atoms with Gasteiger partial charge in [0.05, 0.1) is 0 Å². The molecule has 2 saturated carbocycles. The predicted octanol–water partition coefficient (Wildman–Crippen LogP) is 2.72. The lowest BCUT2D eigenvalue weighted by molar-refractivity contribution is -0.138. The van der Waals surface area contributed by atoms with Crippen LogP contribution in [0.3, 0.4) is 0 Å². The van der Waals surface area contributed by atoms with Crippen molar-refractivity contribution in [2.24, 2.45) is 5.73 Å². The number of rotatable bonds is 2. The van der Waals surface area contributed by atoms with Gasteiger partial charge in [0.25, 0.3) is 5.79 Å². The van der Waals surface area contributed by atoms with Gasteiger partial charge in [-0.15, -0.1) is 0 Å². The largest absolute Gasteiger partial charge is 0.448 e. The van der Waals surface area contributed by atoms with Gasteiger partial charge in [0.2, 0.25) is 0 Å². The third-order valence-corrected chi connectivity index (χ3v) is 4.96. The Morgan fingerprint density at radius 1 is 1.00 bits per heavy atom. The summed E-state index contributed by atoms with van der Waals surface area (Å²) >= 11 is 0. The van der Waals surface area contributed by atoms with Crippen molar-refractivity contribution in [2.45, 2.75) is 49.7 Å². The van der Waals surface area contributed by atoms with Crippen LogP contribution in [-0.4, -0.2) is 12.3 Å². The number of nitrogens with two attached hydrogens (primary N) is 1. The first-order valence-corrected chi connectivity index (χ1v) is 6.98. The van der Waals surface area contributed by atoms with Crippen molar-refractivity contribution in [3.05, 3.63) is 23.8 Å². The van der Waals surface area contributed by atoms with Gasteiger partial charge in [-0.05, 0) is 37.0 Å². The van der Waals surface area contributed by atoms with Gasteiger partial charge in [-0.1, -0.05) is 12.5 Å². The van der Waals surface area contributed by atoms with Gasteiger partial charge in [-0.2, -0.15) is 0 Å². The second-order valence-corrected chi connectivity index (χ2v) is 5.97. The molecule has 3 aliphatic rings. The van der Waals surface area contributed by atoms with E-state index in [2.05, 4.69) is 18.2 Å². The summed E-state index contributed by atoms with van der Waals surface area (Å²) in [5.74, 6) is 1.51. The molecule has 2 fully saturated rings. The lowest BCUT2D eigenvalue weighted by atomic mass is 9.64. The van der Waals surface area contributed by atoms with Crippen LogP contribution in [0.25, 0.3) is 0 Å². The summed E-state index contributed by atoms with van der Waals surface area (Å²) in [6.45, 7) is 0.734. The molecule has 96 valence electrons. The van der Waals surface area contributed by atoms with Gasteiger partial charge in [0, 0.05) is 24.8 Å². The molecule has 0 aromatic heterocycles. The third-order valence-electron chi connectivity index (χ3n) is 4.96. The summed E-state index contributed by atoms with van der Waals surface area (Å²) in [6, 6.07) is 6.40. The van der Waals surface area contributed by atoms with Crippen molar-refractivity contribution in [1.82, 2.24) is 0 Å². The number of benzene rings is 1.